The van der Waals surface area contributed by atoms with Gasteiger partial charge in [-0.1, -0.05) is 24.3 Å². The Kier molecular flexibility index (Phi) is 7.02. The average Bonchev–Trinajstić information content (AvgIpc) is 2.79. The van der Waals surface area contributed by atoms with Crippen LogP contribution in [0, 0.1) is 6.92 Å². The molecule has 0 saturated heterocycles. The SMILES string of the molecule is COc1ccc(C(CC(=O)N[C@@H](C(N)=O)c2ccc(O)cc2)c2oc(C)cc(=O)c2O)cc1. The van der Waals surface area contributed by atoms with Gasteiger partial charge in [0.1, 0.15) is 23.3 Å². The van der Waals surface area contributed by atoms with Crippen LogP contribution in [0.3, 0.4) is 0 Å². The van der Waals surface area contributed by atoms with E-state index in [1.165, 1.54) is 31.4 Å². The highest BCUT2D eigenvalue weighted by molar-refractivity contribution is 5.88. The molecule has 0 saturated carbocycles. The molecule has 172 valence electrons. The second-order valence-electron chi connectivity index (χ2n) is 7.46. The predicted octanol–water partition coefficient (Wildman–Crippen LogP) is 2.23. The molecule has 0 radical (unpaired) electrons. The monoisotopic (exact) mass is 452 g/mol. The molecule has 9 heteroatoms. The summed E-state index contributed by atoms with van der Waals surface area (Å²) in [5.41, 5.74) is 5.81. The van der Waals surface area contributed by atoms with Crippen LogP contribution in [0.2, 0.25) is 0 Å². The highest BCUT2D eigenvalue weighted by Crippen LogP contribution is 2.34. The summed E-state index contributed by atoms with van der Waals surface area (Å²) in [4.78, 5) is 37.1. The van der Waals surface area contributed by atoms with Crippen molar-refractivity contribution in [3.8, 4) is 17.2 Å². The third-order valence-electron chi connectivity index (χ3n) is 5.11. The maximum atomic E-state index is 13.0. The van der Waals surface area contributed by atoms with Crippen molar-refractivity contribution >= 4 is 11.8 Å². The number of carbonyl (C=O) groups excluding carboxylic acids is 2. The van der Waals surface area contributed by atoms with Crippen LogP contribution >= 0.6 is 0 Å². The fraction of sp³-hybridized carbons (Fsp3) is 0.208. The van der Waals surface area contributed by atoms with Crippen LogP contribution in [-0.2, 0) is 9.59 Å². The molecule has 2 atom stereocenters. The van der Waals surface area contributed by atoms with Crippen LogP contribution in [0.5, 0.6) is 17.2 Å². The van der Waals surface area contributed by atoms with Crippen molar-refractivity contribution in [2.75, 3.05) is 7.11 Å². The first-order valence-corrected chi connectivity index (χ1v) is 10.0. The molecule has 1 unspecified atom stereocenters. The fourth-order valence-electron chi connectivity index (χ4n) is 3.45. The minimum Gasteiger partial charge on any atom is -0.508 e. The van der Waals surface area contributed by atoms with Gasteiger partial charge in [-0.25, -0.2) is 0 Å². The molecule has 1 aromatic heterocycles. The van der Waals surface area contributed by atoms with E-state index in [-0.39, 0.29) is 23.7 Å². The minimum absolute atomic E-state index is 0.00202. The standard InChI is InChI=1S/C24H24N2O7/c1-13-11-19(28)22(30)23(33-13)18(14-5-9-17(32-2)10-6-14)12-20(29)26-21(24(25)31)15-3-7-16(27)8-4-15/h3-11,18,21,27,30H,12H2,1-2H3,(H2,25,31)(H,26,29)/t18?,21-/m1/s1. The molecule has 5 N–H and O–H groups in total. The number of phenols is 1. The third-order valence-corrected chi connectivity index (χ3v) is 5.11. The maximum Gasteiger partial charge on any atom is 0.244 e. The number of hydrogen-bond acceptors (Lipinski definition) is 7. The molecule has 0 bridgehead atoms. The number of aromatic hydroxyl groups is 2. The second-order valence-corrected chi connectivity index (χ2v) is 7.46. The quantitative estimate of drug-likeness (QED) is 0.409. The summed E-state index contributed by atoms with van der Waals surface area (Å²) >= 11 is 0. The molecule has 3 rings (SSSR count). The number of amides is 2. The zero-order chi connectivity index (χ0) is 24.1. The summed E-state index contributed by atoms with van der Waals surface area (Å²) in [6.07, 6.45) is -0.256. The molecule has 2 amide bonds. The van der Waals surface area contributed by atoms with Crippen molar-refractivity contribution in [1.29, 1.82) is 0 Å². The lowest BCUT2D eigenvalue weighted by Crippen LogP contribution is -2.38. The Bertz CT molecular complexity index is 1200. The summed E-state index contributed by atoms with van der Waals surface area (Å²) in [5.74, 6) is -2.02. The maximum absolute atomic E-state index is 13.0. The van der Waals surface area contributed by atoms with E-state index < -0.39 is 35.0 Å². The van der Waals surface area contributed by atoms with E-state index in [9.17, 15) is 24.6 Å². The van der Waals surface area contributed by atoms with Gasteiger partial charge >= 0.3 is 0 Å². The van der Waals surface area contributed by atoms with Gasteiger partial charge in [-0.05, 0) is 42.3 Å². The van der Waals surface area contributed by atoms with E-state index in [0.29, 0.717) is 16.9 Å². The summed E-state index contributed by atoms with van der Waals surface area (Å²) in [6, 6.07) is 12.4. The van der Waals surface area contributed by atoms with E-state index >= 15 is 0 Å². The predicted molar refractivity (Wildman–Crippen MR) is 119 cm³/mol. The van der Waals surface area contributed by atoms with Gasteiger partial charge in [-0.2, -0.15) is 0 Å². The average molecular weight is 452 g/mol. The van der Waals surface area contributed by atoms with E-state index in [2.05, 4.69) is 5.32 Å². The number of hydrogen-bond donors (Lipinski definition) is 4. The second kappa shape index (κ2) is 9.90. The van der Waals surface area contributed by atoms with Crippen LogP contribution in [0.15, 0.2) is 63.8 Å². The van der Waals surface area contributed by atoms with Crippen LogP contribution in [0.4, 0.5) is 0 Å². The van der Waals surface area contributed by atoms with Crippen molar-refractivity contribution in [3.05, 3.63) is 87.5 Å². The number of aryl methyl sites for hydroxylation is 1. The zero-order valence-electron chi connectivity index (χ0n) is 18.1. The van der Waals surface area contributed by atoms with Crippen LogP contribution in [0.25, 0.3) is 0 Å². The number of nitrogens with two attached hydrogens (primary N) is 1. The Morgan fingerprint density at radius 2 is 1.67 bits per heavy atom. The summed E-state index contributed by atoms with van der Waals surface area (Å²) in [6.45, 7) is 1.56. The largest absolute Gasteiger partial charge is 0.508 e. The van der Waals surface area contributed by atoms with Crippen LogP contribution < -0.4 is 21.2 Å². The van der Waals surface area contributed by atoms with Gasteiger partial charge < -0.3 is 30.4 Å². The number of primary amides is 1. The Labute approximate surface area is 189 Å². The number of phenolic OH excluding ortho intramolecular Hbond substituents is 1. The van der Waals surface area contributed by atoms with Crippen LogP contribution in [-0.4, -0.2) is 29.1 Å². The van der Waals surface area contributed by atoms with E-state index in [4.69, 9.17) is 14.9 Å². The molecule has 0 aliphatic carbocycles. The van der Waals surface area contributed by atoms with Crippen molar-refractivity contribution in [1.82, 2.24) is 5.32 Å². The first-order chi connectivity index (χ1) is 15.7. The van der Waals surface area contributed by atoms with Crippen molar-refractivity contribution < 1.29 is 29.0 Å². The number of carbonyl (C=O) groups is 2. The van der Waals surface area contributed by atoms with Gasteiger partial charge in [0, 0.05) is 12.5 Å². The van der Waals surface area contributed by atoms with E-state index in [0.717, 1.165) is 6.07 Å². The molecule has 0 aliphatic heterocycles. The smallest absolute Gasteiger partial charge is 0.244 e. The van der Waals surface area contributed by atoms with E-state index in [1.807, 2.05) is 0 Å². The summed E-state index contributed by atoms with van der Waals surface area (Å²) in [7, 11) is 1.51. The summed E-state index contributed by atoms with van der Waals surface area (Å²) < 4.78 is 10.8. The third kappa shape index (κ3) is 5.51. The normalized spacial score (nSPS) is 12.5. The molecular weight excluding hydrogens is 428 g/mol. The lowest BCUT2D eigenvalue weighted by molar-refractivity contribution is -0.127. The molecule has 0 aliphatic rings. The first-order valence-electron chi connectivity index (χ1n) is 10.0. The van der Waals surface area contributed by atoms with Gasteiger partial charge in [0.2, 0.25) is 23.0 Å². The Morgan fingerprint density at radius 1 is 1.06 bits per heavy atom. The number of benzene rings is 2. The molecule has 0 fully saturated rings. The Balaban J connectivity index is 1.95. The molecule has 9 nitrogen and oxygen atoms in total. The number of rotatable bonds is 8. The topological polar surface area (TPSA) is 152 Å². The van der Waals surface area contributed by atoms with Gasteiger partial charge in [0.25, 0.3) is 0 Å². The minimum atomic E-state index is -1.15. The van der Waals surface area contributed by atoms with Gasteiger partial charge in [0.15, 0.2) is 5.76 Å². The highest BCUT2D eigenvalue weighted by atomic mass is 16.5. The molecular formula is C24H24N2O7. The summed E-state index contributed by atoms with van der Waals surface area (Å²) in [5, 5.41) is 22.4. The van der Waals surface area contributed by atoms with Crippen LogP contribution in [0.1, 0.15) is 41.0 Å². The van der Waals surface area contributed by atoms with E-state index in [1.54, 1.807) is 31.2 Å². The van der Waals surface area contributed by atoms with Gasteiger partial charge in [-0.3, -0.25) is 14.4 Å². The number of ether oxygens (including phenoxy) is 1. The molecule has 33 heavy (non-hydrogen) atoms. The fourth-order valence-corrected chi connectivity index (χ4v) is 3.45. The Hall–Kier alpha value is -4.27. The molecule has 3 aromatic rings. The molecule has 2 aromatic carbocycles. The van der Waals surface area contributed by atoms with Crippen molar-refractivity contribution in [2.24, 2.45) is 5.73 Å². The molecule has 1 heterocycles. The first kappa shape index (κ1) is 23.4. The lowest BCUT2D eigenvalue weighted by Gasteiger charge is -2.20. The van der Waals surface area contributed by atoms with Crippen molar-refractivity contribution in [3.63, 3.8) is 0 Å². The zero-order valence-corrected chi connectivity index (χ0v) is 18.1. The highest BCUT2D eigenvalue weighted by Gasteiger charge is 2.28. The number of methoxy groups -OCH3 is 1. The van der Waals surface area contributed by atoms with Crippen molar-refractivity contribution in [2.45, 2.75) is 25.3 Å². The van der Waals surface area contributed by atoms with Gasteiger partial charge in [0.05, 0.1) is 13.0 Å². The molecule has 0 spiro atoms. The Morgan fingerprint density at radius 3 is 2.24 bits per heavy atom. The lowest BCUT2D eigenvalue weighted by atomic mass is 9.91. The number of nitrogens with one attached hydrogen (secondary N) is 1. The van der Waals surface area contributed by atoms with Gasteiger partial charge in [-0.15, -0.1) is 0 Å².